The average Bonchev–Trinajstić information content (AvgIpc) is 2.73. The smallest absolute Gasteiger partial charge is 0.255 e. The molecule has 4 nitrogen and oxygen atoms in total. The van der Waals surface area contributed by atoms with Gasteiger partial charge in [-0.2, -0.15) is 0 Å². The van der Waals surface area contributed by atoms with Crippen LogP contribution >= 0.6 is 11.6 Å². The zero-order valence-electron chi connectivity index (χ0n) is 15.6. The van der Waals surface area contributed by atoms with Gasteiger partial charge in [0.15, 0.2) is 0 Å². The second-order valence-corrected chi connectivity index (χ2v) is 7.22. The minimum Gasteiger partial charge on any atom is -0.308 e. The Labute approximate surface area is 172 Å². The number of aromatic nitrogens is 2. The van der Waals surface area contributed by atoms with E-state index in [1.807, 2.05) is 30.3 Å². The first-order chi connectivity index (χ1) is 14.1. The third-order valence-corrected chi connectivity index (χ3v) is 5.00. The van der Waals surface area contributed by atoms with Crippen molar-refractivity contribution in [1.29, 1.82) is 0 Å². The molecule has 146 valence electrons. The summed E-state index contributed by atoms with van der Waals surface area (Å²) in [6, 6.07) is 19.6. The monoisotopic (exact) mass is 407 g/mol. The predicted molar refractivity (Wildman–Crippen MR) is 114 cm³/mol. The van der Waals surface area contributed by atoms with E-state index in [4.69, 9.17) is 11.6 Å². The first-order valence-electron chi connectivity index (χ1n) is 9.28. The van der Waals surface area contributed by atoms with E-state index >= 15 is 0 Å². The number of hydrogen-bond donors (Lipinski definition) is 1. The van der Waals surface area contributed by atoms with Crippen molar-refractivity contribution < 1.29 is 4.39 Å². The van der Waals surface area contributed by atoms with Gasteiger partial charge in [-0.05, 0) is 41.8 Å². The van der Waals surface area contributed by atoms with Gasteiger partial charge in [-0.1, -0.05) is 41.9 Å². The molecule has 0 fully saturated rings. The summed E-state index contributed by atoms with van der Waals surface area (Å²) < 4.78 is 15.5. The Kier molecular flexibility index (Phi) is 5.69. The lowest BCUT2D eigenvalue weighted by Crippen LogP contribution is -2.28. The molecule has 0 aliphatic rings. The lowest BCUT2D eigenvalue weighted by Gasteiger charge is -2.14. The topological polar surface area (TPSA) is 46.9 Å². The maximum absolute atomic E-state index is 13.8. The highest BCUT2D eigenvalue weighted by atomic mass is 35.5. The summed E-state index contributed by atoms with van der Waals surface area (Å²) in [5.74, 6) is -0.263. The maximum atomic E-state index is 13.8. The molecule has 0 bridgehead atoms. The summed E-state index contributed by atoms with van der Waals surface area (Å²) in [6.07, 6.45) is 1.70. The zero-order valence-corrected chi connectivity index (χ0v) is 16.4. The van der Waals surface area contributed by atoms with Gasteiger partial charge in [0.2, 0.25) is 0 Å². The molecule has 0 atom stereocenters. The number of halogens is 2. The fourth-order valence-electron chi connectivity index (χ4n) is 3.32. The first kappa shape index (κ1) is 19.3. The van der Waals surface area contributed by atoms with Crippen LogP contribution in [0.2, 0.25) is 5.02 Å². The SMILES string of the molecule is O=c1c(CNCc2ccccc2F)cc2ccc(Cl)cc2n1Cc1ccccn1. The van der Waals surface area contributed by atoms with E-state index < -0.39 is 0 Å². The Morgan fingerprint density at radius 2 is 1.76 bits per heavy atom. The van der Waals surface area contributed by atoms with Crippen molar-refractivity contribution in [2.45, 2.75) is 19.6 Å². The Hall–Kier alpha value is -3.02. The lowest BCUT2D eigenvalue weighted by molar-refractivity contribution is 0.586. The molecule has 2 aromatic carbocycles. The highest BCUT2D eigenvalue weighted by molar-refractivity contribution is 6.31. The van der Waals surface area contributed by atoms with Crippen molar-refractivity contribution >= 4 is 22.5 Å². The Morgan fingerprint density at radius 3 is 2.55 bits per heavy atom. The van der Waals surface area contributed by atoms with E-state index in [9.17, 15) is 9.18 Å². The molecule has 4 rings (SSSR count). The van der Waals surface area contributed by atoms with Gasteiger partial charge in [0.25, 0.3) is 5.56 Å². The van der Waals surface area contributed by atoms with Gasteiger partial charge in [-0.25, -0.2) is 4.39 Å². The van der Waals surface area contributed by atoms with Crippen LogP contribution in [0.4, 0.5) is 4.39 Å². The van der Waals surface area contributed by atoms with Crippen LogP contribution in [0.25, 0.3) is 10.9 Å². The number of rotatable bonds is 6. The molecule has 0 saturated carbocycles. The van der Waals surface area contributed by atoms with E-state index in [2.05, 4.69) is 10.3 Å². The minimum absolute atomic E-state index is 0.119. The number of nitrogens with zero attached hydrogens (tertiary/aromatic N) is 2. The Bertz CT molecular complexity index is 1210. The molecular weight excluding hydrogens is 389 g/mol. The molecule has 4 aromatic rings. The largest absolute Gasteiger partial charge is 0.308 e. The molecule has 2 aromatic heterocycles. The highest BCUT2D eigenvalue weighted by Gasteiger charge is 2.11. The average molecular weight is 408 g/mol. The minimum atomic E-state index is -0.263. The summed E-state index contributed by atoms with van der Waals surface area (Å²) in [5.41, 5.74) is 2.59. The number of benzene rings is 2. The van der Waals surface area contributed by atoms with Gasteiger partial charge in [0.05, 0.1) is 17.8 Å². The lowest BCUT2D eigenvalue weighted by atomic mass is 10.1. The van der Waals surface area contributed by atoms with E-state index in [-0.39, 0.29) is 11.4 Å². The van der Waals surface area contributed by atoms with Gasteiger partial charge in [0.1, 0.15) is 5.82 Å². The molecule has 0 aliphatic carbocycles. The van der Waals surface area contributed by atoms with Crippen LogP contribution in [0.5, 0.6) is 0 Å². The Morgan fingerprint density at radius 1 is 0.966 bits per heavy atom. The van der Waals surface area contributed by atoms with Crippen LogP contribution in [-0.2, 0) is 19.6 Å². The van der Waals surface area contributed by atoms with Crippen molar-refractivity contribution in [3.8, 4) is 0 Å². The fourth-order valence-corrected chi connectivity index (χ4v) is 3.48. The van der Waals surface area contributed by atoms with Gasteiger partial charge < -0.3 is 9.88 Å². The van der Waals surface area contributed by atoms with Crippen molar-refractivity contribution in [3.63, 3.8) is 0 Å². The molecule has 0 unspecified atom stereocenters. The molecule has 0 amide bonds. The molecule has 0 spiro atoms. The number of nitrogens with one attached hydrogen (secondary N) is 1. The van der Waals surface area contributed by atoms with Crippen molar-refractivity contribution in [2.24, 2.45) is 0 Å². The molecule has 29 heavy (non-hydrogen) atoms. The zero-order chi connectivity index (χ0) is 20.2. The van der Waals surface area contributed by atoms with Crippen LogP contribution < -0.4 is 10.9 Å². The normalized spacial score (nSPS) is 11.1. The molecule has 0 radical (unpaired) electrons. The van der Waals surface area contributed by atoms with Gasteiger partial charge in [0, 0.05) is 35.4 Å². The molecule has 0 aliphatic heterocycles. The quantitative estimate of drug-likeness (QED) is 0.511. The van der Waals surface area contributed by atoms with Gasteiger partial charge >= 0.3 is 0 Å². The summed E-state index contributed by atoms with van der Waals surface area (Å²) in [6.45, 7) is 1.01. The molecule has 0 saturated heterocycles. The summed E-state index contributed by atoms with van der Waals surface area (Å²) in [5, 5.41) is 4.65. The van der Waals surface area contributed by atoms with Crippen LogP contribution in [0.15, 0.2) is 77.7 Å². The van der Waals surface area contributed by atoms with Crippen LogP contribution in [0, 0.1) is 5.82 Å². The molecular formula is C23H19ClFN3O. The van der Waals surface area contributed by atoms with E-state index in [0.717, 1.165) is 16.6 Å². The van der Waals surface area contributed by atoms with Crippen molar-refractivity contribution in [1.82, 2.24) is 14.9 Å². The van der Waals surface area contributed by atoms with Crippen LogP contribution in [0.1, 0.15) is 16.8 Å². The number of pyridine rings is 2. The summed E-state index contributed by atoms with van der Waals surface area (Å²) in [4.78, 5) is 17.5. The van der Waals surface area contributed by atoms with Crippen LogP contribution in [-0.4, -0.2) is 9.55 Å². The maximum Gasteiger partial charge on any atom is 0.255 e. The Balaban J connectivity index is 1.67. The van der Waals surface area contributed by atoms with E-state index in [1.165, 1.54) is 6.07 Å². The highest BCUT2D eigenvalue weighted by Crippen LogP contribution is 2.20. The second kappa shape index (κ2) is 8.55. The predicted octanol–water partition coefficient (Wildman–Crippen LogP) is 4.53. The summed E-state index contributed by atoms with van der Waals surface area (Å²) in [7, 11) is 0. The van der Waals surface area contributed by atoms with E-state index in [1.54, 1.807) is 41.1 Å². The third kappa shape index (κ3) is 4.36. The number of hydrogen-bond acceptors (Lipinski definition) is 3. The molecule has 2 heterocycles. The number of fused-ring (bicyclic) bond motifs is 1. The van der Waals surface area contributed by atoms with Crippen molar-refractivity contribution in [3.05, 3.63) is 111 Å². The van der Waals surface area contributed by atoms with Crippen LogP contribution in [0.3, 0.4) is 0 Å². The van der Waals surface area contributed by atoms with Gasteiger partial charge in [-0.3, -0.25) is 9.78 Å². The van der Waals surface area contributed by atoms with Gasteiger partial charge in [-0.15, -0.1) is 0 Å². The first-order valence-corrected chi connectivity index (χ1v) is 9.65. The molecule has 1 N–H and O–H groups in total. The third-order valence-electron chi connectivity index (χ3n) is 4.77. The second-order valence-electron chi connectivity index (χ2n) is 6.78. The molecule has 6 heteroatoms. The standard InChI is InChI=1S/C23H19ClFN3O/c24-19-9-8-16-11-18(14-26-13-17-5-1-2-7-21(17)25)23(29)28(22(16)12-19)15-20-6-3-4-10-27-20/h1-12,26H,13-15H2. The van der Waals surface area contributed by atoms with E-state index in [0.29, 0.717) is 35.8 Å². The summed E-state index contributed by atoms with van der Waals surface area (Å²) >= 11 is 6.17. The van der Waals surface area contributed by atoms with Crippen molar-refractivity contribution in [2.75, 3.05) is 0 Å². The fraction of sp³-hybridized carbons (Fsp3) is 0.130.